The number of benzene rings is 4. The first-order valence-corrected chi connectivity index (χ1v) is 17.5. The molecule has 0 spiro atoms. The van der Waals surface area contributed by atoms with E-state index in [1.165, 1.54) is 37.5 Å². The van der Waals surface area contributed by atoms with Gasteiger partial charge in [0.15, 0.2) is 23.1 Å². The van der Waals surface area contributed by atoms with Crippen molar-refractivity contribution in [3.05, 3.63) is 149 Å². The number of amides is 2. The van der Waals surface area contributed by atoms with Crippen LogP contribution in [-0.4, -0.2) is 46.7 Å². The smallest absolute Gasteiger partial charge is 0.335 e. The van der Waals surface area contributed by atoms with Gasteiger partial charge in [-0.1, -0.05) is 96.6 Å². The van der Waals surface area contributed by atoms with Gasteiger partial charge < -0.3 is 14.9 Å². The Bertz CT molecular complexity index is 2290. The number of hydrogen-bond acceptors (Lipinski definition) is 7. The van der Waals surface area contributed by atoms with Gasteiger partial charge in [0.2, 0.25) is 11.8 Å². The second kappa shape index (κ2) is 13.0. The van der Waals surface area contributed by atoms with Gasteiger partial charge in [0.1, 0.15) is 0 Å². The zero-order chi connectivity index (χ0) is 37.0. The Morgan fingerprint density at radius 3 is 2.32 bits per heavy atom. The van der Waals surface area contributed by atoms with Crippen molar-refractivity contribution in [3.63, 3.8) is 0 Å². The molecule has 1 saturated carbocycles. The zero-order valence-corrected chi connectivity index (χ0v) is 28.7. The lowest BCUT2D eigenvalue weighted by molar-refractivity contribution is -0.135. The number of fused-ring (bicyclic) bond motifs is 4. The average molecular weight is 706 g/mol. The summed E-state index contributed by atoms with van der Waals surface area (Å²) < 4.78 is 5.35. The second-order valence-corrected chi connectivity index (χ2v) is 14.0. The molecule has 4 aromatic carbocycles. The van der Waals surface area contributed by atoms with Crippen molar-refractivity contribution in [1.29, 1.82) is 0 Å². The van der Waals surface area contributed by atoms with Gasteiger partial charge in [0.05, 0.1) is 35.6 Å². The molecule has 0 unspecified atom stereocenters. The van der Waals surface area contributed by atoms with Crippen LogP contribution in [0.15, 0.2) is 127 Å². The first kappa shape index (κ1) is 33.8. The van der Waals surface area contributed by atoms with Crippen molar-refractivity contribution >= 4 is 46.7 Å². The molecule has 2 amide bonds. The van der Waals surface area contributed by atoms with E-state index in [9.17, 15) is 29.4 Å². The number of anilines is 1. The Morgan fingerprint density at radius 2 is 1.60 bits per heavy atom. The summed E-state index contributed by atoms with van der Waals surface area (Å²) in [7, 11) is 1.45. The predicted molar refractivity (Wildman–Crippen MR) is 197 cm³/mol. The molecule has 264 valence electrons. The molecular formula is C44H35NO8. The summed E-state index contributed by atoms with van der Waals surface area (Å²) in [6.07, 6.45) is 7.57. The van der Waals surface area contributed by atoms with Gasteiger partial charge in [-0.2, -0.15) is 0 Å². The lowest BCUT2D eigenvalue weighted by Gasteiger charge is -2.54. The molecule has 8 rings (SSSR count). The van der Waals surface area contributed by atoms with Crippen LogP contribution in [0, 0.1) is 29.6 Å². The van der Waals surface area contributed by atoms with Crippen molar-refractivity contribution < 1.29 is 38.9 Å². The summed E-state index contributed by atoms with van der Waals surface area (Å²) in [5, 5.41) is 19.9. The monoisotopic (exact) mass is 705 g/mol. The van der Waals surface area contributed by atoms with Gasteiger partial charge >= 0.3 is 5.97 Å². The normalized spacial score (nSPS) is 26.4. The highest BCUT2D eigenvalue weighted by Crippen LogP contribution is 2.61. The Balaban J connectivity index is 1.31. The Morgan fingerprint density at radius 1 is 0.868 bits per heavy atom. The number of imide groups is 1. The molecule has 2 fully saturated rings. The number of Topliss-reactive ketones (excluding diaryl/α,β-unsaturated/α-hetero) is 1. The van der Waals surface area contributed by atoms with Crippen molar-refractivity contribution in [3.8, 4) is 11.5 Å². The number of hydrogen-bond donors (Lipinski definition) is 2. The maximum Gasteiger partial charge on any atom is 0.335 e. The van der Waals surface area contributed by atoms with Crippen LogP contribution in [0.3, 0.4) is 0 Å². The van der Waals surface area contributed by atoms with Gasteiger partial charge in [-0.05, 0) is 71.9 Å². The fraction of sp³-hybridized carbons (Fsp3) is 0.205. The quantitative estimate of drug-likeness (QED) is 0.161. The highest BCUT2D eigenvalue weighted by Gasteiger charge is 2.65. The minimum Gasteiger partial charge on any atom is -0.504 e. The van der Waals surface area contributed by atoms with Gasteiger partial charge in [-0.15, -0.1) is 0 Å². The molecule has 9 heteroatoms. The summed E-state index contributed by atoms with van der Waals surface area (Å²) in [5.74, 6) is -5.98. The Hall–Kier alpha value is -6.35. The van der Waals surface area contributed by atoms with Crippen LogP contribution in [0.1, 0.15) is 39.9 Å². The van der Waals surface area contributed by atoms with E-state index in [2.05, 4.69) is 0 Å². The zero-order valence-electron chi connectivity index (χ0n) is 28.7. The van der Waals surface area contributed by atoms with Crippen molar-refractivity contribution in [2.24, 2.45) is 29.6 Å². The third-order valence-electron chi connectivity index (χ3n) is 11.5. The fourth-order valence-corrected chi connectivity index (χ4v) is 9.16. The van der Waals surface area contributed by atoms with Crippen LogP contribution in [0.5, 0.6) is 11.5 Å². The summed E-state index contributed by atoms with van der Waals surface area (Å²) in [6, 6.07) is 29.1. The number of ether oxygens (including phenoxy) is 1. The molecule has 53 heavy (non-hydrogen) atoms. The van der Waals surface area contributed by atoms with Crippen LogP contribution in [0.25, 0.3) is 11.6 Å². The van der Waals surface area contributed by atoms with Gasteiger partial charge in [-0.25, -0.2) is 4.79 Å². The summed E-state index contributed by atoms with van der Waals surface area (Å²) in [6.45, 7) is 0. The van der Waals surface area contributed by atoms with E-state index in [0.29, 0.717) is 22.3 Å². The fourth-order valence-electron chi connectivity index (χ4n) is 9.16. The van der Waals surface area contributed by atoms with E-state index in [-0.39, 0.29) is 47.2 Å². The number of ketones is 2. The molecule has 6 atom stereocenters. The van der Waals surface area contributed by atoms with Crippen LogP contribution in [-0.2, 0) is 24.6 Å². The first-order valence-electron chi connectivity index (χ1n) is 17.5. The first-order chi connectivity index (χ1) is 25.6. The molecule has 0 radical (unpaired) electrons. The standard InChI is InChI=1S/C44H35NO8/c1-53-37-21-25(16-20-36(37)46)15-19-34-30-17-18-31-39(42(50)45(41(31)49)29-14-8-11-27(22-29)43(51)52)33(30)23-35-40(48)32(26-9-4-2-5-10-26)24-38(47)44(34,35)28-12-6-3-7-13-28/h2-17,19-22,24,31,33-35,39,46H,18,23H2,1H3,(H,51,52)/t31-,33+,34-,35-,39-,44-/m0/s1. The molecule has 1 saturated heterocycles. The molecule has 1 heterocycles. The van der Waals surface area contributed by atoms with Gasteiger partial charge in [0, 0.05) is 17.4 Å². The number of allylic oxidation sites excluding steroid dienone is 5. The van der Waals surface area contributed by atoms with Crippen molar-refractivity contribution in [2.45, 2.75) is 18.3 Å². The number of phenolic OH excluding ortho intramolecular Hbond substituents is 1. The summed E-state index contributed by atoms with van der Waals surface area (Å²) in [4.78, 5) is 71.6. The third kappa shape index (κ3) is 5.26. The number of carbonyl (C=O) groups excluding carboxylic acids is 4. The van der Waals surface area contributed by atoms with Crippen molar-refractivity contribution in [2.75, 3.05) is 12.0 Å². The molecule has 1 aliphatic heterocycles. The number of carboxylic acids is 1. The van der Waals surface area contributed by atoms with E-state index in [1.54, 1.807) is 30.3 Å². The summed E-state index contributed by atoms with van der Waals surface area (Å²) >= 11 is 0. The molecule has 4 aliphatic rings. The number of nitrogens with zero attached hydrogens (tertiary/aromatic N) is 1. The number of methoxy groups -OCH3 is 1. The highest BCUT2D eigenvalue weighted by molar-refractivity contribution is 6.31. The molecule has 4 aromatic rings. The molecule has 9 nitrogen and oxygen atoms in total. The second-order valence-electron chi connectivity index (χ2n) is 14.0. The van der Waals surface area contributed by atoms with Crippen LogP contribution in [0.2, 0.25) is 0 Å². The Labute approximate surface area is 305 Å². The lowest BCUT2D eigenvalue weighted by atomic mass is 9.45. The maximum absolute atomic E-state index is 15.1. The van der Waals surface area contributed by atoms with Gasteiger partial charge in [0.25, 0.3) is 0 Å². The van der Waals surface area contributed by atoms with Crippen LogP contribution >= 0.6 is 0 Å². The minimum absolute atomic E-state index is 0.0290. The SMILES string of the molecule is COc1cc(C=C[C@H]2C3=CC[C@@H]4C(=O)N(c5cccc(C(=O)O)c5)C(=O)[C@@H]4[C@@H]3C[C@H]3C(=O)C(c4ccccc4)=CC(=O)[C@@]23c2ccccc2)ccc1O. The number of rotatable bonds is 7. The minimum atomic E-state index is -1.37. The number of carboxylic acid groups (broad SMARTS) is 1. The number of aromatic hydroxyl groups is 1. The Kier molecular flexibility index (Phi) is 8.29. The van der Waals surface area contributed by atoms with E-state index >= 15 is 4.79 Å². The topological polar surface area (TPSA) is 138 Å². The number of aromatic carboxylic acids is 1. The van der Waals surface area contributed by atoms with Crippen molar-refractivity contribution in [1.82, 2.24) is 0 Å². The largest absolute Gasteiger partial charge is 0.504 e. The van der Waals surface area contributed by atoms with E-state index in [4.69, 9.17) is 4.74 Å². The lowest BCUT2D eigenvalue weighted by Crippen LogP contribution is -2.59. The van der Waals surface area contributed by atoms with E-state index in [1.807, 2.05) is 66.8 Å². The number of phenols is 1. The van der Waals surface area contributed by atoms with E-state index in [0.717, 1.165) is 10.5 Å². The molecule has 3 aliphatic carbocycles. The molecular weight excluding hydrogens is 670 g/mol. The average Bonchev–Trinajstić information content (AvgIpc) is 3.44. The van der Waals surface area contributed by atoms with Gasteiger partial charge in [-0.3, -0.25) is 24.1 Å². The third-order valence-corrected chi connectivity index (χ3v) is 11.5. The van der Waals surface area contributed by atoms with E-state index < -0.39 is 52.8 Å². The molecule has 0 bridgehead atoms. The molecule has 2 N–H and O–H groups in total. The van der Waals surface area contributed by atoms with Crippen LogP contribution in [0.4, 0.5) is 5.69 Å². The highest BCUT2D eigenvalue weighted by atomic mass is 16.5. The van der Waals surface area contributed by atoms with Crippen LogP contribution < -0.4 is 9.64 Å². The summed E-state index contributed by atoms with van der Waals surface area (Å²) in [5.41, 5.74) is 1.84. The molecule has 0 aromatic heterocycles. The number of carbonyl (C=O) groups is 5. The predicted octanol–water partition coefficient (Wildman–Crippen LogP) is 6.67. The maximum atomic E-state index is 15.1.